The van der Waals surface area contributed by atoms with Crippen LogP contribution in [0.15, 0.2) is 60.7 Å². The molecule has 0 heterocycles. The summed E-state index contributed by atoms with van der Waals surface area (Å²) < 4.78 is 40.0. The Morgan fingerprint density at radius 1 is 0.735 bits per heavy atom. The van der Waals surface area contributed by atoms with Crippen molar-refractivity contribution in [1.29, 1.82) is 0 Å². The van der Waals surface area contributed by atoms with Crippen LogP contribution < -0.4 is 0 Å². The zero-order valence-electron chi connectivity index (χ0n) is 19.6. The van der Waals surface area contributed by atoms with Crippen LogP contribution in [0.2, 0.25) is 0 Å². The first-order valence-electron chi connectivity index (χ1n) is 11.2. The number of aliphatic hydroxyl groups is 3. The SMILES string of the molecule is CCOP(=O)(OCC)OC[C@H](O)[C@@H](OCc1ccccc1)[C@H](OCc1ccccc1)[C@H](O)CO. The van der Waals surface area contributed by atoms with Gasteiger partial charge in [-0.25, -0.2) is 4.57 Å². The molecule has 0 saturated heterocycles. The molecule has 2 rings (SSSR count). The molecule has 0 radical (unpaired) electrons. The largest absolute Gasteiger partial charge is 0.474 e. The predicted octanol–water partition coefficient (Wildman–Crippen LogP) is 3.07. The van der Waals surface area contributed by atoms with Crippen LogP contribution in [-0.2, 0) is 40.8 Å². The molecule has 4 atom stereocenters. The Morgan fingerprint density at radius 2 is 1.18 bits per heavy atom. The van der Waals surface area contributed by atoms with E-state index in [-0.39, 0.29) is 26.4 Å². The average Bonchev–Trinajstić information content (AvgIpc) is 2.85. The number of hydrogen-bond donors (Lipinski definition) is 3. The average molecular weight is 499 g/mol. The molecule has 0 saturated carbocycles. The van der Waals surface area contributed by atoms with Gasteiger partial charge in [-0.1, -0.05) is 60.7 Å². The number of benzene rings is 2. The zero-order valence-corrected chi connectivity index (χ0v) is 20.5. The van der Waals surface area contributed by atoms with E-state index in [1.54, 1.807) is 13.8 Å². The lowest BCUT2D eigenvalue weighted by molar-refractivity contribution is -0.177. The molecule has 0 unspecified atom stereocenters. The summed E-state index contributed by atoms with van der Waals surface area (Å²) in [7, 11) is -3.88. The Kier molecular flexibility index (Phi) is 12.9. The maximum absolute atomic E-state index is 12.7. The lowest BCUT2D eigenvalue weighted by atomic mass is 10.0. The van der Waals surface area contributed by atoms with E-state index >= 15 is 0 Å². The molecule has 0 fully saturated rings. The molecular weight excluding hydrogens is 463 g/mol. The van der Waals surface area contributed by atoms with Crippen molar-refractivity contribution in [3.8, 4) is 0 Å². The predicted molar refractivity (Wildman–Crippen MR) is 126 cm³/mol. The van der Waals surface area contributed by atoms with Crippen molar-refractivity contribution >= 4 is 7.82 Å². The smallest absolute Gasteiger partial charge is 0.394 e. The van der Waals surface area contributed by atoms with Crippen molar-refractivity contribution in [3.05, 3.63) is 71.8 Å². The van der Waals surface area contributed by atoms with Crippen LogP contribution >= 0.6 is 7.82 Å². The Bertz CT molecular complexity index is 827. The second-order valence-electron chi connectivity index (χ2n) is 7.42. The van der Waals surface area contributed by atoms with Gasteiger partial charge in [-0.3, -0.25) is 13.6 Å². The van der Waals surface area contributed by atoms with Crippen molar-refractivity contribution in [1.82, 2.24) is 0 Å². The van der Waals surface area contributed by atoms with Gasteiger partial charge in [0.15, 0.2) is 0 Å². The lowest BCUT2D eigenvalue weighted by Crippen LogP contribution is -2.50. The molecule has 0 aliphatic heterocycles. The van der Waals surface area contributed by atoms with Gasteiger partial charge in [0.05, 0.1) is 39.6 Å². The summed E-state index contributed by atoms with van der Waals surface area (Å²) in [6.07, 6.45) is -5.00. The normalized spacial score (nSPS) is 15.6. The van der Waals surface area contributed by atoms with Crippen LogP contribution in [0.4, 0.5) is 0 Å². The van der Waals surface area contributed by atoms with Crippen molar-refractivity contribution < 1.29 is 42.9 Å². The molecule has 2 aromatic carbocycles. The number of phosphoric ester groups is 1. The van der Waals surface area contributed by atoms with Crippen LogP contribution in [0.25, 0.3) is 0 Å². The molecule has 9 nitrogen and oxygen atoms in total. The molecule has 0 aromatic heterocycles. The van der Waals surface area contributed by atoms with Crippen LogP contribution in [0.3, 0.4) is 0 Å². The maximum atomic E-state index is 12.7. The second-order valence-corrected chi connectivity index (χ2v) is 9.09. The van der Waals surface area contributed by atoms with Gasteiger partial charge in [0.2, 0.25) is 0 Å². The summed E-state index contributed by atoms with van der Waals surface area (Å²) in [6, 6.07) is 18.5. The van der Waals surface area contributed by atoms with Crippen molar-refractivity contribution in [2.75, 3.05) is 26.4 Å². The minimum absolute atomic E-state index is 0.0906. The fraction of sp³-hybridized carbons (Fsp3) is 0.500. The van der Waals surface area contributed by atoms with E-state index in [9.17, 15) is 19.9 Å². The summed E-state index contributed by atoms with van der Waals surface area (Å²) in [5, 5.41) is 31.1. The van der Waals surface area contributed by atoms with Crippen molar-refractivity contribution in [3.63, 3.8) is 0 Å². The lowest BCUT2D eigenvalue weighted by Gasteiger charge is -2.33. The van der Waals surface area contributed by atoms with Gasteiger partial charge in [0.1, 0.15) is 24.4 Å². The summed E-state index contributed by atoms with van der Waals surface area (Å²) in [6.45, 7) is 2.58. The molecule has 2 aromatic rings. The minimum atomic E-state index is -3.88. The summed E-state index contributed by atoms with van der Waals surface area (Å²) in [5.74, 6) is 0. The van der Waals surface area contributed by atoms with Gasteiger partial charge in [0, 0.05) is 0 Å². The molecule has 10 heteroatoms. The third-order valence-electron chi connectivity index (χ3n) is 4.82. The highest BCUT2D eigenvalue weighted by Gasteiger charge is 2.37. The molecule has 3 N–H and O–H groups in total. The highest BCUT2D eigenvalue weighted by molar-refractivity contribution is 7.48. The van der Waals surface area contributed by atoms with E-state index in [2.05, 4.69) is 0 Å². The fourth-order valence-electron chi connectivity index (χ4n) is 3.18. The molecule has 0 spiro atoms. The van der Waals surface area contributed by atoms with Crippen molar-refractivity contribution in [2.24, 2.45) is 0 Å². The standard InChI is InChI=1S/C24H35O9P/c1-3-31-34(28,32-4-2)33-18-22(27)24(30-17-20-13-9-6-10-14-20)23(21(26)15-25)29-16-19-11-7-5-8-12-19/h5-14,21-27H,3-4,15-18H2,1-2H3/t21-,22+,23-,24-/m1/s1. The van der Waals surface area contributed by atoms with Crippen LogP contribution in [-0.4, -0.2) is 66.2 Å². The second kappa shape index (κ2) is 15.4. The zero-order chi connectivity index (χ0) is 24.8. The fourth-order valence-corrected chi connectivity index (χ4v) is 4.37. The van der Waals surface area contributed by atoms with Crippen LogP contribution in [0.5, 0.6) is 0 Å². The Hall–Kier alpha value is -1.65. The highest BCUT2D eigenvalue weighted by Crippen LogP contribution is 2.49. The number of aliphatic hydroxyl groups excluding tert-OH is 3. The first-order valence-corrected chi connectivity index (χ1v) is 12.7. The van der Waals surface area contributed by atoms with Gasteiger partial charge < -0.3 is 24.8 Å². The van der Waals surface area contributed by atoms with E-state index in [1.807, 2.05) is 60.7 Å². The summed E-state index contributed by atoms with van der Waals surface area (Å²) in [5.41, 5.74) is 1.66. The molecule has 0 aliphatic carbocycles. The van der Waals surface area contributed by atoms with Gasteiger partial charge >= 0.3 is 7.82 Å². The molecular formula is C24H35O9P. The first-order chi connectivity index (χ1) is 16.4. The van der Waals surface area contributed by atoms with Crippen molar-refractivity contribution in [2.45, 2.75) is 51.5 Å². The highest BCUT2D eigenvalue weighted by atomic mass is 31.2. The topological polar surface area (TPSA) is 124 Å². The van der Waals surface area contributed by atoms with E-state index in [1.165, 1.54) is 0 Å². The number of ether oxygens (including phenoxy) is 2. The van der Waals surface area contributed by atoms with E-state index in [0.29, 0.717) is 0 Å². The molecule has 34 heavy (non-hydrogen) atoms. The third-order valence-corrected chi connectivity index (χ3v) is 6.43. The van der Waals surface area contributed by atoms with E-state index in [4.69, 9.17) is 23.0 Å². The monoisotopic (exact) mass is 498 g/mol. The number of hydrogen-bond acceptors (Lipinski definition) is 9. The molecule has 190 valence electrons. The van der Waals surface area contributed by atoms with E-state index in [0.717, 1.165) is 11.1 Å². The Balaban J connectivity index is 2.20. The third kappa shape index (κ3) is 9.54. The quantitative estimate of drug-likeness (QED) is 0.282. The van der Waals surface area contributed by atoms with Crippen LogP contribution in [0.1, 0.15) is 25.0 Å². The molecule has 0 aliphatic rings. The Labute approximate surface area is 200 Å². The Morgan fingerprint density at radius 3 is 1.59 bits per heavy atom. The maximum Gasteiger partial charge on any atom is 0.474 e. The number of rotatable bonds is 17. The summed E-state index contributed by atoms with van der Waals surface area (Å²) >= 11 is 0. The molecule has 0 amide bonds. The van der Waals surface area contributed by atoms with E-state index < -0.39 is 45.5 Å². The summed E-state index contributed by atoms with van der Waals surface area (Å²) in [4.78, 5) is 0. The van der Waals surface area contributed by atoms with Crippen LogP contribution in [0, 0.1) is 0 Å². The first kappa shape index (κ1) is 28.6. The van der Waals surface area contributed by atoms with Gasteiger partial charge in [0.25, 0.3) is 0 Å². The van der Waals surface area contributed by atoms with Gasteiger partial charge in [-0.2, -0.15) is 0 Å². The minimum Gasteiger partial charge on any atom is -0.394 e. The van der Waals surface area contributed by atoms with Gasteiger partial charge in [-0.05, 0) is 25.0 Å². The number of phosphoric acid groups is 1. The molecule has 0 bridgehead atoms. The van der Waals surface area contributed by atoms with Gasteiger partial charge in [-0.15, -0.1) is 0 Å².